The fourth-order valence-electron chi connectivity index (χ4n) is 0.993. The number of nitriles is 1. The van der Waals surface area contributed by atoms with Gasteiger partial charge in [0, 0.05) is 6.20 Å². The number of nitrogens with zero attached hydrogens (tertiary/aromatic N) is 3. The Morgan fingerprint density at radius 1 is 1.50 bits per heavy atom. The Balaban J connectivity index is 0.000000606. The van der Waals surface area contributed by atoms with E-state index in [0.717, 1.165) is 9.04 Å². The Hall–Kier alpha value is -0.830. The van der Waals surface area contributed by atoms with Crippen LogP contribution in [0.25, 0.3) is 10.3 Å². The molecular weight excluding hydrogens is 262 g/mol. The Bertz CT molecular complexity index is 531. The lowest BCUT2D eigenvalue weighted by Gasteiger charge is -1.92. The quantitative estimate of drug-likeness (QED) is 0.737. The summed E-state index contributed by atoms with van der Waals surface area (Å²) in [6.07, 6.45) is 3.39. The fourth-order valence-corrected chi connectivity index (χ4v) is 2.74. The first-order valence-corrected chi connectivity index (χ1v) is 7.07. The predicted molar refractivity (Wildman–Crippen MR) is 70.3 cm³/mol. The third-order valence-electron chi connectivity index (χ3n) is 1.64. The molecule has 0 amide bonds. The molecule has 0 spiro atoms. The van der Waals surface area contributed by atoms with Gasteiger partial charge in [-0.25, -0.2) is 9.97 Å². The Morgan fingerprint density at radius 3 is 2.75 bits per heavy atom. The van der Waals surface area contributed by atoms with Gasteiger partial charge in [0.05, 0.1) is 15.3 Å². The lowest BCUT2D eigenvalue weighted by Crippen LogP contribution is -1.81. The second-order valence-corrected chi connectivity index (χ2v) is 4.86. The van der Waals surface area contributed by atoms with Crippen molar-refractivity contribution in [2.24, 2.45) is 0 Å². The molecule has 0 fully saturated rings. The molecule has 2 aromatic heterocycles. The van der Waals surface area contributed by atoms with Gasteiger partial charge in [-0.1, -0.05) is 37.2 Å². The van der Waals surface area contributed by atoms with E-state index in [1.807, 2.05) is 26.2 Å². The predicted octanol–water partition coefficient (Wildman–Crippen LogP) is 3.96. The Labute approximate surface area is 107 Å². The van der Waals surface area contributed by atoms with E-state index in [2.05, 4.69) is 9.97 Å². The maximum atomic E-state index is 8.75. The van der Waals surface area contributed by atoms with Gasteiger partial charge >= 0.3 is 0 Å². The van der Waals surface area contributed by atoms with E-state index in [4.69, 9.17) is 16.9 Å². The lowest BCUT2D eigenvalue weighted by atomic mass is 10.3. The van der Waals surface area contributed by atoms with Crippen LogP contribution in [0, 0.1) is 11.3 Å². The molecule has 0 N–H and O–H groups in total. The summed E-state index contributed by atoms with van der Waals surface area (Å²) in [6, 6.07) is 1.99. The molecule has 0 atom stereocenters. The number of aromatic nitrogens is 2. The zero-order chi connectivity index (χ0) is 12.1. The number of hydrogen-bond acceptors (Lipinski definition) is 5. The average Bonchev–Trinajstić information content (AvgIpc) is 2.76. The molecule has 0 radical (unpaired) electrons. The molecule has 0 aliphatic heterocycles. The summed E-state index contributed by atoms with van der Waals surface area (Å²) < 4.78 is 1.69. The van der Waals surface area contributed by atoms with Crippen molar-refractivity contribution in [3.63, 3.8) is 0 Å². The molecule has 0 saturated carbocycles. The molecular formula is C10H10ClN3S2. The molecule has 84 valence electrons. The average molecular weight is 272 g/mol. The monoisotopic (exact) mass is 271 g/mol. The van der Waals surface area contributed by atoms with Gasteiger partial charge in [0.1, 0.15) is 6.07 Å². The lowest BCUT2D eigenvalue weighted by molar-refractivity contribution is 1.23. The number of hydrogen-bond donors (Lipinski definition) is 0. The van der Waals surface area contributed by atoms with Crippen LogP contribution < -0.4 is 0 Å². The van der Waals surface area contributed by atoms with Crippen molar-refractivity contribution in [3.8, 4) is 6.07 Å². The molecule has 2 aromatic rings. The molecule has 2 heterocycles. The second-order valence-electron chi connectivity index (χ2n) is 2.43. The summed E-state index contributed by atoms with van der Waals surface area (Å²) in [6.45, 7) is 4.00. The zero-order valence-corrected chi connectivity index (χ0v) is 11.5. The van der Waals surface area contributed by atoms with Crippen LogP contribution in [-0.2, 0) is 0 Å². The summed E-state index contributed by atoms with van der Waals surface area (Å²) in [4.78, 5) is 8.30. The van der Waals surface area contributed by atoms with Gasteiger partial charge < -0.3 is 0 Å². The van der Waals surface area contributed by atoms with Crippen LogP contribution in [0.15, 0.2) is 10.5 Å². The van der Waals surface area contributed by atoms with E-state index < -0.39 is 0 Å². The molecule has 3 nitrogen and oxygen atoms in total. The molecule has 0 aromatic carbocycles. The van der Waals surface area contributed by atoms with E-state index in [1.54, 1.807) is 11.8 Å². The number of rotatable bonds is 1. The zero-order valence-electron chi connectivity index (χ0n) is 9.11. The first kappa shape index (κ1) is 13.2. The molecule has 16 heavy (non-hydrogen) atoms. The van der Waals surface area contributed by atoms with Crippen LogP contribution in [-0.4, -0.2) is 16.2 Å². The minimum atomic E-state index is 0.399. The first-order chi connectivity index (χ1) is 7.76. The van der Waals surface area contributed by atoms with Gasteiger partial charge in [-0.3, -0.25) is 0 Å². The van der Waals surface area contributed by atoms with E-state index in [1.165, 1.54) is 17.5 Å². The van der Waals surface area contributed by atoms with Crippen molar-refractivity contribution >= 4 is 45.0 Å². The molecule has 6 heteroatoms. The third-order valence-corrected chi connectivity index (χ3v) is 4.19. The summed E-state index contributed by atoms with van der Waals surface area (Å²) in [7, 11) is 0. The van der Waals surface area contributed by atoms with Crippen molar-refractivity contribution in [3.05, 3.63) is 16.8 Å². The molecule has 0 bridgehead atoms. The van der Waals surface area contributed by atoms with Gasteiger partial charge in [0.2, 0.25) is 0 Å². The molecule has 0 saturated heterocycles. The maximum absolute atomic E-state index is 8.75. The summed E-state index contributed by atoms with van der Waals surface area (Å²) in [5.41, 5.74) is 1.01. The summed E-state index contributed by atoms with van der Waals surface area (Å²) in [5, 5.41) is 9.20. The van der Waals surface area contributed by atoms with Crippen LogP contribution in [0.3, 0.4) is 0 Å². The summed E-state index contributed by atoms with van der Waals surface area (Å²) >= 11 is 9.01. The van der Waals surface area contributed by atoms with Gasteiger partial charge in [0.25, 0.3) is 0 Å². The first-order valence-electron chi connectivity index (χ1n) is 4.65. The highest BCUT2D eigenvalue weighted by atomic mass is 35.5. The van der Waals surface area contributed by atoms with Crippen LogP contribution in [0.5, 0.6) is 0 Å². The van der Waals surface area contributed by atoms with Crippen LogP contribution in [0.1, 0.15) is 19.4 Å². The van der Waals surface area contributed by atoms with Gasteiger partial charge in [-0.05, 0) is 6.26 Å². The summed E-state index contributed by atoms with van der Waals surface area (Å²) in [5.74, 6) is 0. The Kier molecular flexibility index (Phi) is 5.00. The standard InChI is InChI=1S/C8H4ClN3S2.C2H6/c1-13-8-12-7-6(14-8)5(9)4(2-10)3-11-7;1-2/h3H,1H3;1-2H3. The fraction of sp³-hybridized carbons (Fsp3) is 0.300. The SMILES string of the molecule is CC.CSc1nc2ncc(C#N)c(Cl)c2s1. The van der Waals surface area contributed by atoms with Crippen LogP contribution in [0.4, 0.5) is 0 Å². The normalized spacial score (nSPS) is 9.44. The van der Waals surface area contributed by atoms with Crippen molar-refractivity contribution in [2.45, 2.75) is 18.2 Å². The minimum Gasteiger partial charge on any atom is -0.234 e. The van der Waals surface area contributed by atoms with E-state index >= 15 is 0 Å². The second kappa shape index (κ2) is 6.04. The molecule has 2 rings (SSSR count). The van der Waals surface area contributed by atoms with Crippen molar-refractivity contribution in [2.75, 3.05) is 6.26 Å². The van der Waals surface area contributed by atoms with Crippen molar-refractivity contribution in [1.29, 1.82) is 5.26 Å². The van der Waals surface area contributed by atoms with Crippen molar-refractivity contribution in [1.82, 2.24) is 9.97 Å². The highest BCUT2D eigenvalue weighted by Crippen LogP contribution is 2.33. The van der Waals surface area contributed by atoms with Crippen molar-refractivity contribution < 1.29 is 0 Å². The maximum Gasteiger partial charge on any atom is 0.173 e. The number of fused-ring (bicyclic) bond motifs is 1. The number of halogens is 1. The molecule has 0 aliphatic rings. The van der Waals surface area contributed by atoms with E-state index in [0.29, 0.717) is 16.2 Å². The van der Waals surface area contributed by atoms with Gasteiger partial charge in [0.15, 0.2) is 9.99 Å². The highest BCUT2D eigenvalue weighted by molar-refractivity contribution is 8.00. The smallest absolute Gasteiger partial charge is 0.173 e. The number of pyridine rings is 1. The van der Waals surface area contributed by atoms with Crippen LogP contribution in [0.2, 0.25) is 5.02 Å². The highest BCUT2D eigenvalue weighted by Gasteiger charge is 2.11. The van der Waals surface area contributed by atoms with E-state index in [9.17, 15) is 0 Å². The molecule has 0 aliphatic carbocycles. The third kappa shape index (κ3) is 2.46. The minimum absolute atomic E-state index is 0.399. The number of thioether (sulfide) groups is 1. The number of thiazole rings is 1. The van der Waals surface area contributed by atoms with E-state index in [-0.39, 0.29) is 0 Å². The largest absolute Gasteiger partial charge is 0.234 e. The Morgan fingerprint density at radius 2 is 2.19 bits per heavy atom. The van der Waals surface area contributed by atoms with Gasteiger partial charge in [-0.15, -0.1) is 11.3 Å². The van der Waals surface area contributed by atoms with Gasteiger partial charge in [-0.2, -0.15) is 5.26 Å². The molecule has 0 unspecified atom stereocenters. The van der Waals surface area contributed by atoms with Crippen LogP contribution >= 0.6 is 34.7 Å². The topological polar surface area (TPSA) is 49.6 Å².